The smallest absolute Gasteiger partial charge is 0.192 e. The van der Waals surface area contributed by atoms with Gasteiger partial charge in [0.2, 0.25) is 0 Å². The van der Waals surface area contributed by atoms with Crippen molar-refractivity contribution in [3.05, 3.63) is 46.7 Å². The maximum absolute atomic E-state index is 12.3. The first-order valence-corrected chi connectivity index (χ1v) is 7.92. The van der Waals surface area contributed by atoms with Gasteiger partial charge in [-0.05, 0) is 25.5 Å². The summed E-state index contributed by atoms with van der Waals surface area (Å²) in [4.78, 5) is 13.4. The van der Waals surface area contributed by atoms with Crippen LogP contribution in [0.1, 0.15) is 29.4 Å². The number of aryl methyl sites for hydroxylation is 2. The van der Waals surface area contributed by atoms with Crippen molar-refractivity contribution in [3.8, 4) is 0 Å². The summed E-state index contributed by atoms with van der Waals surface area (Å²) in [6.45, 7) is 4.80. The largest absolute Gasteiger partial charge is 0.291 e. The van der Waals surface area contributed by atoms with Crippen molar-refractivity contribution < 1.29 is 4.79 Å². The van der Waals surface area contributed by atoms with E-state index >= 15 is 0 Å². The molecular weight excluding hydrogens is 292 g/mol. The van der Waals surface area contributed by atoms with Crippen molar-refractivity contribution in [1.82, 2.24) is 9.78 Å². The topological polar surface area (TPSA) is 34.9 Å². The van der Waals surface area contributed by atoms with Crippen molar-refractivity contribution in [3.63, 3.8) is 0 Å². The Bertz CT molecular complexity index is 592. The molecule has 0 N–H and O–H groups in total. The summed E-state index contributed by atoms with van der Waals surface area (Å²) in [5, 5.41) is 4.59. The van der Waals surface area contributed by atoms with E-state index in [1.807, 2.05) is 38.1 Å². The predicted molar refractivity (Wildman–Crippen MR) is 83.8 cm³/mol. The minimum Gasteiger partial charge on any atom is -0.291 e. The summed E-state index contributed by atoms with van der Waals surface area (Å²) in [6, 6.07) is 8.14. The molecule has 1 aromatic heterocycles. The maximum atomic E-state index is 12.3. The molecule has 2 rings (SSSR count). The van der Waals surface area contributed by atoms with Crippen molar-refractivity contribution in [2.75, 3.05) is 5.75 Å². The molecule has 0 unspecified atom stereocenters. The first-order valence-electron chi connectivity index (χ1n) is 6.55. The van der Waals surface area contributed by atoms with Crippen molar-refractivity contribution in [1.29, 1.82) is 0 Å². The number of carbonyl (C=O) groups excluding carboxylic acids is 1. The number of halogens is 1. The quantitative estimate of drug-likeness (QED) is 0.591. The average Bonchev–Trinajstić information content (AvgIpc) is 2.79. The van der Waals surface area contributed by atoms with Gasteiger partial charge < -0.3 is 0 Å². The lowest BCUT2D eigenvalue weighted by atomic mass is 10.2. The van der Waals surface area contributed by atoms with E-state index in [4.69, 9.17) is 11.6 Å². The van der Waals surface area contributed by atoms with E-state index < -0.39 is 0 Å². The van der Waals surface area contributed by atoms with Crippen LogP contribution in [0.4, 0.5) is 0 Å². The summed E-state index contributed by atoms with van der Waals surface area (Å²) < 4.78 is 1.69. The van der Waals surface area contributed by atoms with Crippen LogP contribution in [-0.4, -0.2) is 21.3 Å². The number of benzene rings is 1. The number of hydrogen-bond donors (Lipinski definition) is 0. The van der Waals surface area contributed by atoms with Crippen molar-refractivity contribution >= 4 is 29.1 Å². The van der Waals surface area contributed by atoms with Crippen LogP contribution in [0.5, 0.6) is 0 Å². The Morgan fingerprint density at radius 2 is 2.05 bits per heavy atom. The highest BCUT2D eigenvalue weighted by molar-refractivity contribution is 8.00. The normalized spacial score (nSPS) is 10.8. The van der Waals surface area contributed by atoms with Gasteiger partial charge in [-0.1, -0.05) is 36.2 Å². The van der Waals surface area contributed by atoms with Crippen LogP contribution < -0.4 is 0 Å². The Balaban J connectivity index is 2.05. The van der Waals surface area contributed by atoms with Gasteiger partial charge in [0, 0.05) is 11.4 Å². The van der Waals surface area contributed by atoms with Gasteiger partial charge >= 0.3 is 0 Å². The van der Waals surface area contributed by atoms with Gasteiger partial charge in [0.25, 0.3) is 0 Å². The van der Waals surface area contributed by atoms with E-state index in [1.54, 1.807) is 10.9 Å². The standard InChI is InChI=1S/C15H17ClN2OS/c1-3-8-18-15(13(16)9-17-18)14(19)10-20-12-6-4-11(2)5-7-12/h4-7,9H,3,8,10H2,1-2H3. The van der Waals surface area contributed by atoms with Gasteiger partial charge in [-0.2, -0.15) is 5.10 Å². The molecule has 0 aliphatic rings. The number of Topliss-reactive ketones (excluding diaryl/α,β-unsaturated/α-hetero) is 1. The highest BCUT2D eigenvalue weighted by atomic mass is 35.5. The Morgan fingerprint density at radius 1 is 1.35 bits per heavy atom. The van der Waals surface area contributed by atoms with Gasteiger partial charge in [-0.15, -0.1) is 11.8 Å². The van der Waals surface area contributed by atoms with Gasteiger partial charge in [-0.25, -0.2) is 0 Å². The van der Waals surface area contributed by atoms with E-state index in [1.165, 1.54) is 17.3 Å². The monoisotopic (exact) mass is 308 g/mol. The molecule has 0 radical (unpaired) electrons. The van der Waals surface area contributed by atoms with Crippen LogP contribution >= 0.6 is 23.4 Å². The number of thioether (sulfide) groups is 1. The second-order valence-electron chi connectivity index (χ2n) is 4.59. The Kier molecular flexibility index (Phi) is 5.26. The Morgan fingerprint density at radius 3 is 2.70 bits per heavy atom. The third-order valence-corrected chi connectivity index (χ3v) is 4.17. The zero-order chi connectivity index (χ0) is 14.5. The predicted octanol–water partition coefficient (Wildman–Crippen LogP) is 4.23. The fourth-order valence-electron chi connectivity index (χ4n) is 1.87. The highest BCUT2D eigenvalue weighted by Crippen LogP contribution is 2.22. The van der Waals surface area contributed by atoms with Crippen LogP contribution in [0.25, 0.3) is 0 Å². The van der Waals surface area contributed by atoms with Gasteiger partial charge in [-0.3, -0.25) is 9.48 Å². The molecule has 0 fully saturated rings. The van der Waals surface area contributed by atoms with E-state index in [0.29, 0.717) is 23.0 Å². The molecule has 0 aliphatic carbocycles. The number of carbonyl (C=O) groups is 1. The molecular formula is C15H17ClN2OS. The fraction of sp³-hybridized carbons (Fsp3) is 0.333. The molecule has 0 bridgehead atoms. The molecule has 0 amide bonds. The lowest BCUT2D eigenvalue weighted by molar-refractivity contribution is 0.101. The van der Waals surface area contributed by atoms with Crippen molar-refractivity contribution in [2.24, 2.45) is 0 Å². The third kappa shape index (κ3) is 3.64. The van der Waals surface area contributed by atoms with Crippen LogP contribution in [0, 0.1) is 6.92 Å². The lowest BCUT2D eigenvalue weighted by Gasteiger charge is -2.06. The molecule has 3 nitrogen and oxygen atoms in total. The second kappa shape index (κ2) is 6.95. The van der Waals surface area contributed by atoms with Gasteiger partial charge in [0.05, 0.1) is 17.0 Å². The van der Waals surface area contributed by atoms with E-state index in [2.05, 4.69) is 5.10 Å². The highest BCUT2D eigenvalue weighted by Gasteiger charge is 2.17. The zero-order valence-corrected chi connectivity index (χ0v) is 13.2. The number of ketones is 1. The molecule has 0 saturated carbocycles. The van der Waals surface area contributed by atoms with E-state index in [9.17, 15) is 4.79 Å². The lowest BCUT2D eigenvalue weighted by Crippen LogP contribution is -2.12. The Hall–Kier alpha value is -1.26. The molecule has 106 valence electrons. The molecule has 1 heterocycles. The first kappa shape index (κ1) is 15.1. The molecule has 0 aliphatic heterocycles. The second-order valence-corrected chi connectivity index (χ2v) is 6.05. The Labute approximate surface area is 128 Å². The minimum atomic E-state index is 0.0199. The SMILES string of the molecule is CCCn1ncc(Cl)c1C(=O)CSc1ccc(C)cc1. The molecule has 0 spiro atoms. The maximum Gasteiger partial charge on any atom is 0.192 e. The van der Waals surface area contributed by atoms with Gasteiger partial charge in [0.15, 0.2) is 5.78 Å². The molecule has 1 aromatic carbocycles. The zero-order valence-electron chi connectivity index (χ0n) is 11.6. The molecule has 20 heavy (non-hydrogen) atoms. The summed E-state index contributed by atoms with van der Waals surface area (Å²) in [5.41, 5.74) is 1.73. The average molecular weight is 309 g/mol. The molecule has 2 aromatic rings. The molecule has 0 saturated heterocycles. The third-order valence-electron chi connectivity index (χ3n) is 2.89. The summed E-state index contributed by atoms with van der Waals surface area (Å²) in [6.07, 6.45) is 2.46. The van der Waals surface area contributed by atoms with Crippen LogP contribution in [0.2, 0.25) is 5.02 Å². The fourth-order valence-corrected chi connectivity index (χ4v) is 2.88. The number of hydrogen-bond acceptors (Lipinski definition) is 3. The van der Waals surface area contributed by atoms with Gasteiger partial charge in [0.1, 0.15) is 5.69 Å². The minimum absolute atomic E-state index is 0.0199. The number of nitrogens with zero attached hydrogens (tertiary/aromatic N) is 2. The number of rotatable bonds is 6. The van der Waals surface area contributed by atoms with E-state index in [0.717, 1.165) is 11.3 Å². The van der Waals surface area contributed by atoms with Crippen molar-refractivity contribution in [2.45, 2.75) is 31.7 Å². The van der Waals surface area contributed by atoms with E-state index in [-0.39, 0.29) is 5.78 Å². The first-order chi connectivity index (χ1) is 9.61. The van der Waals surface area contributed by atoms with Crippen LogP contribution in [0.15, 0.2) is 35.4 Å². The summed E-state index contributed by atoms with van der Waals surface area (Å²) in [5.74, 6) is 0.393. The summed E-state index contributed by atoms with van der Waals surface area (Å²) in [7, 11) is 0. The number of aromatic nitrogens is 2. The summed E-state index contributed by atoms with van der Waals surface area (Å²) >= 11 is 7.59. The van der Waals surface area contributed by atoms with Crippen LogP contribution in [-0.2, 0) is 6.54 Å². The van der Waals surface area contributed by atoms with Crippen LogP contribution in [0.3, 0.4) is 0 Å². The molecule has 0 atom stereocenters. The molecule has 5 heteroatoms.